The first-order chi connectivity index (χ1) is 9.58. The van der Waals surface area contributed by atoms with E-state index in [9.17, 15) is 4.79 Å². The van der Waals surface area contributed by atoms with Gasteiger partial charge in [0.1, 0.15) is 0 Å². The molecule has 0 aliphatic carbocycles. The predicted octanol–water partition coefficient (Wildman–Crippen LogP) is 4.52. The summed E-state index contributed by atoms with van der Waals surface area (Å²) < 4.78 is 0.710. The van der Waals surface area contributed by atoms with Crippen molar-refractivity contribution in [3.05, 3.63) is 68.1 Å². The van der Waals surface area contributed by atoms with Crippen molar-refractivity contribution < 1.29 is 4.79 Å². The maximum Gasteiger partial charge on any atom is 0.272 e. The molecule has 0 radical (unpaired) electrons. The maximum atomic E-state index is 11.9. The molecule has 6 heteroatoms. The molecule has 2 rings (SSSR count). The molecule has 2 aromatic rings. The van der Waals surface area contributed by atoms with Gasteiger partial charge in [-0.25, -0.2) is 5.43 Å². The lowest BCUT2D eigenvalue weighted by molar-refractivity contribution is 0.0954. The molecule has 0 aliphatic rings. The van der Waals surface area contributed by atoms with Crippen LogP contribution in [0.5, 0.6) is 0 Å². The molecule has 0 unspecified atom stereocenters. The highest BCUT2D eigenvalue weighted by atomic mass is 79.9. The second-order valence-electron chi connectivity index (χ2n) is 3.85. The lowest BCUT2D eigenvalue weighted by Gasteiger charge is -2.02. The van der Waals surface area contributed by atoms with Crippen LogP contribution in [-0.2, 0) is 0 Å². The summed E-state index contributed by atoms with van der Waals surface area (Å²) >= 11 is 15.0. The van der Waals surface area contributed by atoms with E-state index in [-0.39, 0.29) is 5.91 Å². The van der Waals surface area contributed by atoms with Crippen LogP contribution >= 0.6 is 39.1 Å². The lowest BCUT2D eigenvalue weighted by Crippen LogP contribution is -2.18. The van der Waals surface area contributed by atoms with Gasteiger partial charge in [0.25, 0.3) is 5.91 Å². The predicted molar refractivity (Wildman–Crippen MR) is 85.7 cm³/mol. The smallest absolute Gasteiger partial charge is 0.267 e. The van der Waals surface area contributed by atoms with E-state index in [2.05, 4.69) is 26.5 Å². The van der Waals surface area contributed by atoms with Crippen LogP contribution in [-0.4, -0.2) is 12.1 Å². The van der Waals surface area contributed by atoms with Gasteiger partial charge in [0.05, 0.1) is 21.8 Å². The largest absolute Gasteiger partial charge is 0.272 e. The number of carbonyl (C=O) groups is 1. The Morgan fingerprint density at radius 2 is 1.90 bits per heavy atom. The second-order valence-corrected chi connectivity index (χ2v) is 5.52. The van der Waals surface area contributed by atoms with E-state index in [0.717, 1.165) is 5.56 Å². The fraction of sp³-hybridized carbons (Fsp3) is 0. The van der Waals surface area contributed by atoms with Crippen LogP contribution in [0.2, 0.25) is 10.0 Å². The zero-order valence-corrected chi connectivity index (χ0v) is 13.2. The number of halogens is 3. The molecule has 3 nitrogen and oxygen atoms in total. The number of benzene rings is 2. The summed E-state index contributed by atoms with van der Waals surface area (Å²) in [7, 11) is 0. The Bertz CT molecular complexity index is 674. The van der Waals surface area contributed by atoms with E-state index in [1.165, 1.54) is 6.21 Å². The number of hydrogen-bond acceptors (Lipinski definition) is 2. The number of hydrogen-bond donors (Lipinski definition) is 1. The van der Waals surface area contributed by atoms with E-state index >= 15 is 0 Å². The molecule has 0 aromatic heterocycles. The zero-order valence-electron chi connectivity index (χ0n) is 10.1. The number of carbonyl (C=O) groups excluding carboxylic acids is 1. The molecule has 0 heterocycles. The van der Waals surface area contributed by atoms with Crippen molar-refractivity contribution in [3.8, 4) is 0 Å². The minimum absolute atomic E-state index is 0.297. The zero-order chi connectivity index (χ0) is 14.5. The molecule has 20 heavy (non-hydrogen) atoms. The summed E-state index contributed by atoms with van der Waals surface area (Å²) in [6.45, 7) is 0. The molecule has 2 aromatic carbocycles. The number of rotatable bonds is 3. The van der Waals surface area contributed by atoms with Gasteiger partial charge in [-0.2, -0.15) is 5.10 Å². The first kappa shape index (κ1) is 15.0. The monoisotopic (exact) mass is 370 g/mol. The molecular formula is C14H9BrCl2N2O. The highest BCUT2D eigenvalue weighted by Crippen LogP contribution is 2.21. The third kappa shape index (κ3) is 3.82. The SMILES string of the molecule is O=C(N/N=C\c1ccc(Cl)c(Cl)c1)c1ccccc1Br. The standard InChI is InChI=1S/C14H9BrCl2N2O/c15-11-4-2-1-3-10(11)14(20)19-18-8-9-5-6-12(16)13(17)7-9/h1-8H,(H,19,20)/b18-8-. The highest BCUT2D eigenvalue weighted by Gasteiger charge is 2.07. The molecule has 0 fully saturated rings. The van der Waals surface area contributed by atoms with Gasteiger partial charge in [0.2, 0.25) is 0 Å². The maximum absolute atomic E-state index is 11.9. The van der Waals surface area contributed by atoms with Crippen molar-refractivity contribution in [3.63, 3.8) is 0 Å². The third-order valence-electron chi connectivity index (χ3n) is 2.44. The second kappa shape index (κ2) is 6.88. The first-order valence-corrected chi connectivity index (χ1v) is 7.16. The van der Waals surface area contributed by atoms with Crippen LogP contribution in [0.15, 0.2) is 52.0 Å². The minimum Gasteiger partial charge on any atom is -0.267 e. The van der Waals surface area contributed by atoms with Crippen LogP contribution in [0.25, 0.3) is 0 Å². The van der Waals surface area contributed by atoms with Crippen LogP contribution in [0.3, 0.4) is 0 Å². The van der Waals surface area contributed by atoms with E-state index in [1.807, 2.05) is 6.07 Å². The molecule has 0 bridgehead atoms. The van der Waals surface area contributed by atoms with E-state index in [4.69, 9.17) is 23.2 Å². The Hall–Kier alpha value is -1.36. The quantitative estimate of drug-likeness (QED) is 0.625. The van der Waals surface area contributed by atoms with Crippen molar-refractivity contribution >= 4 is 51.3 Å². The molecule has 0 aliphatic heterocycles. The average Bonchev–Trinajstić information content (AvgIpc) is 2.43. The molecule has 1 N–H and O–H groups in total. The molecule has 1 amide bonds. The van der Waals surface area contributed by atoms with Crippen LogP contribution in [0.1, 0.15) is 15.9 Å². The summed E-state index contributed by atoms with van der Waals surface area (Å²) in [5.41, 5.74) is 3.70. The Morgan fingerprint density at radius 1 is 1.15 bits per heavy atom. The summed E-state index contributed by atoms with van der Waals surface area (Å²) in [5, 5.41) is 4.79. The van der Waals surface area contributed by atoms with Gasteiger partial charge >= 0.3 is 0 Å². The summed E-state index contributed by atoms with van der Waals surface area (Å²) in [4.78, 5) is 11.9. The van der Waals surface area contributed by atoms with Crippen LogP contribution in [0.4, 0.5) is 0 Å². The Balaban J connectivity index is 2.05. The van der Waals surface area contributed by atoms with Crippen molar-refractivity contribution in [1.82, 2.24) is 5.43 Å². The van der Waals surface area contributed by atoms with Gasteiger partial charge in [-0.1, -0.05) is 41.4 Å². The summed E-state index contributed by atoms with van der Waals surface area (Å²) in [5.74, 6) is -0.297. The van der Waals surface area contributed by atoms with Gasteiger partial charge < -0.3 is 0 Å². The molecule has 0 saturated heterocycles. The highest BCUT2D eigenvalue weighted by molar-refractivity contribution is 9.10. The number of nitrogens with zero attached hydrogens (tertiary/aromatic N) is 1. The van der Waals surface area contributed by atoms with Crippen LogP contribution < -0.4 is 5.43 Å². The first-order valence-electron chi connectivity index (χ1n) is 5.61. The van der Waals surface area contributed by atoms with Gasteiger partial charge in [0, 0.05) is 4.47 Å². The van der Waals surface area contributed by atoms with Crippen molar-refractivity contribution in [1.29, 1.82) is 0 Å². The minimum atomic E-state index is -0.297. The number of hydrazone groups is 1. The number of amides is 1. The Kier molecular flexibility index (Phi) is 5.17. The molecule has 0 saturated carbocycles. The van der Waals surface area contributed by atoms with E-state index < -0.39 is 0 Å². The molecule has 0 atom stereocenters. The Morgan fingerprint density at radius 3 is 2.60 bits per heavy atom. The van der Waals surface area contributed by atoms with Crippen molar-refractivity contribution in [2.24, 2.45) is 5.10 Å². The van der Waals surface area contributed by atoms with Crippen LogP contribution in [0, 0.1) is 0 Å². The topological polar surface area (TPSA) is 41.5 Å². The van der Waals surface area contributed by atoms with E-state index in [0.29, 0.717) is 20.1 Å². The van der Waals surface area contributed by atoms with E-state index in [1.54, 1.807) is 36.4 Å². The lowest BCUT2D eigenvalue weighted by atomic mass is 10.2. The normalized spacial score (nSPS) is 10.8. The third-order valence-corrected chi connectivity index (χ3v) is 3.87. The molecule has 0 spiro atoms. The van der Waals surface area contributed by atoms with Crippen molar-refractivity contribution in [2.75, 3.05) is 0 Å². The van der Waals surface area contributed by atoms with Gasteiger partial charge in [-0.3, -0.25) is 4.79 Å². The fourth-order valence-electron chi connectivity index (χ4n) is 1.46. The van der Waals surface area contributed by atoms with Gasteiger partial charge in [-0.05, 0) is 45.8 Å². The summed E-state index contributed by atoms with van der Waals surface area (Å²) in [6.07, 6.45) is 1.50. The van der Waals surface area contributed by atoms with Crippen molar-refractivity contribution in [2.45, 2.75) is 0 Å². The molecule has 102 valence electrons. The fourth-order valence-corrected chi connectivity index (χ4v) is 2.24. The number of nitrogens with one attached hydrogen (secondary N) is 1. The average molecular weight is 372 g/mol. The van der Waals surface area contributed by atoms with Gasteiger partial charge in [0.15, 0.2) is 0 Å². The Labute approximate surface area is 134 Å². The summed E-state index contributed by atoms with van der Waals surface area (Å²) in [6, 6.07) is 12.2. The van der Waals surface area contributed by atoms with Gasteiger partial charge in [-0.15, -0.1) is 0 Å². The molecular weight excluding hydrogens is 363 g/mol.